The number of benzene rings is 1. The number of sulfone groups is 1. The van der Waals surface area contributed by atoms with Gasteiger partial charge in [0.05, 0.1) is 0 Å². The monoisotopic (exact) mass is 526 g/mol. The molecule has 0 N–H and O–H groups in total. The van der Waals surface area contributed by atoms with Crippen molar-refractivity contribution in [2.75, 3.05) is 0 Å². The zero-order chi connectivity index (χ0) is 21.5. The second kappa shape index (κ2) is 11.0. The average molecular weight is 525 g/mol. The topological polar surface area (TPSA) is 52.0 Å². The van der Waals surface area contributed by atoms with Gasteiger partial charge in [0.15, 0.2) is 0 Å². The van der Waals surface area contributed by atoms with Crippen molar-refractivity contribution in [3.63, 3.8) is 0 Å². The molecule has 0 aliphatic heterocycles. The molecule has 1 aromatic heterocycles. The van der Waals surface area contributed by atoms with Crippen LogP contribution in [0.4, 0.5) is 0 Å². The Hall–Kier alpha value is -0.821. The summed E-state index contributed by atoms with van der Waals surface area (Å²) in [6, 6.07) is 7.24. The van der Waals surface area contributed by atoms with E-state index in [9.17, 15) is 8.42 Å². The third kappa shape index (κ3) is 5.66. The first kappa shape index (κ1) is 24.4. The van der Waals surface area contributed by atoms with Crippen LogP contribution >= 0.6 is 0 Å². The Morgan fingerprint density at radius 1 is 0.897 bits per heavy atom. The minimum atomic E-state index is -3.55. The Kier molecular flexibility index (Phi) is 9.26. The van der Waals surface area contributed by atoms with Gasteiger partial charge in [-0.25, -0.2) is 0 Å². The van der Waals surface area contributed by atoms with E-state index in [1.807, 2.05) is 30.8 Å². The van der Waals surface area contributed by atoms with Crippen molar-refractivity contribution < 1.29 is 8.42 Å². The summed E-state index contributed by atoms with van der Waals surface area (Å²) in [5, 5.41) is 4.51. The van der Waals surface area contributed by atoms with E-state index >= 15 is 0 Å². The van der Waals surface area contributed by atoms with Crippen LogP contribution in [0.3, 0.4) is 0 Å². The predicted molar refractivity (Wildman–Crippen MR) is 124 cm³/mol. The van der Waals surface area contributed by atoms with Gasteiger partial charge in [-0.05, 0) is 0 Å². The van der Waals surface area contributed by atoms with E-state index in [1.54, 1.807) is 18.3 Å². The average Bonchev–Trinajstić information content (AvgIpc) is 3.11. The molecule has 0 aliphatic rings. The first-order valence-corrected chi connectivity index (χ1v) is 20.1. The van der Waals surface area contributed by atoms with E-state index in [2.05, 4.69) is 25.9 Å². The molecule has 29 heavy (non-hydrogen) atoms. The normalized spacial score (nSPS) is 12.4. The molecule has 0 atom stereocenters. The second-order valence-electron chi connectivity index (χ2n) is 8.39. The van der Waals surface area contributed by atoms with Gasteiger partial charge in [-0.3, -0.25) is 0 Å². The summed E-state index contributed by atoms with van der Waals surface area (Å²) in [4.78, 5) is 0.877. The molecule has 2 aromatic rings. The zero-order valence-corrected chi connectivity index (χ0v) is 22.5. The molecular formula is C23H38N2O2SSn. The van der Waals surface area contributed by atoms with Crippen LogP contribution in [0.25, 0.3) is 0 Å². The van der Waals surface area contributed by atoms with Gasteiger partial charge in [-0.15, -0.1) is 0 Å². The summed E-state index contributed by atoms with van der Waals surface area (Å²) < 4.78 is 34.0. The molecule has 0 bridgehead atoms. The Morgan fingerprint density at radius 2 is 1.38 bits per heavy atom. The fourth-order valence-corrected chi connectivity index (χ4v) is 25.1. The standard InChI is InChI=1S/C11H11N2O2S.3C4H9.Sn/c1-9-3-5-10(6-4-9)16(14,15)11-7-12-13(2)8-11;3*1-3-4-2;/h3-7H,1-2H3;3*1,3-4H2,2H3;. The van der Waals surface area contributed by atoms with E-state index in [1.165, 1.54) is 32.6 Å². The van der Waals surface area contributed by atoms with Crippen LogP contribution in [-0.4, -0.2) is 36.6 Å². The summed E-state index contributed by atoms with van der Waals surface area (Å²) in [6.45, 7) is 8.70. The van der Waals surface area contributed by atoms with E-state index in [0.717, 1.165) is 28.5 Å². The van der Waals surface area contributed by atoms with Crippen molar-refractivity contribution in [1.82, 2.24) is 9.78 Å². The maximum absolute atomic E-state index is 13.6. The van der Waals surface area contributed by atoms with E-state index in [4.69, 9.17) is 0 Å². The zero-order valence-electron chi connectivity index (χ0n) is 18.9. The summed E-state index contributed by atoms with van der Waals surface area (Å²) in [5.41, 5.74) is 1.07. The summed E-state index contributed by atoms with van der Waals surface area (Å²) in [7, 11) is -1.60. The van der Waals surface area contributed by atoms with Crippen LogP contribution in [0, 0.1) is 6.92 Å². The molecule has 6 heteroatoms. The Morgan fingerprint density at radius 3 is 1.83 bits per heavy atom. The Bertz CT molecular complexity index is 851. The van der Waals surface area contributed by atoms with E-state index < -0.39 is 28.2 Å². The summed E-state index contributed by atoms with van der Waals surface area (Å²) >= 11 is -2.96. The van der Waals surface area contributed by atoms with Gasteiger partial charge in [0.1, 0.15) is 0 Å². The van der Waals surface area contributed by atoms with Crippen LogP contribution in [0.2, 0.25) is 13.3 Å². The van der Waals surface area contributed by atoms with E-state index in [0.29, 0.717) is 9.79 Å². The van der Waals surface area contributed by atoms with Gasteiger partial charge in [-0.2, -0.15) is 0 Å². The molecule has 0 saturated heterocycles. The number of aryl methyl sites for hydroxylation is 2. The molecule has 2 rings (SSSR count). The van der Waals surface area contributed by atoms with Gasteiger partial charge in [-0.1, -0.05) is 0 Å². The number of nitrogens with zero attached hydrogens (tertiary/aromatic N) is 2. The Balaban J connectivity index is 2.64. The molecule has 0 amide bonds. The van der Waals surface area contributed by atoms with Gasteiger partial charge < -0.3 is 0 Å². The summed E-state index contributed by atoms with van der Waals surface area (Å²) in [6.07, 6.45) is 8.69. The number of hydrogen-bond donors (Lipinski definition) is 0. The molecule has 0 unspecified atom stereocenters. The Labute approximate surface area is 181 Å². The minimum absolute atomic E-state index is 0.388. The fraction of sp³-hybridized carbons (Fsp3) is 0.609. The molecule has 0 aliphatic carbocycles. The molecule has 0 spiro atoms. The van der Waals surface area contributed by atoms with Crippen molar-refractivity contribution in [2.45, 2.75) is 89.3 Å². The third-order valence-corrected chi connectivity index (χ3v) is 24.1. The first-order chi connectivity index (χ1) is 13.8. The SMILES string of the molecule is CCC[CH2][Sn]([CH2]CCC)([CH2]CCC)[c]1c(S(=O)(=O)c2ccc(C)cc2)cnn1C. The molecule has 0 fully saturated rings. The van der Waals surface area contributed by atoms with Crippen molar-refractivity contribution in [1.29, 1.82) is 0 Å². The molecule has 162 valence electrons. The van der Waals surface area contributed by atoms with Crippen LogP contribution in [0.1, 0.15) is 64.9 Å². The molecule has 1 heterocycles. The number of unbranched alkanes of at least 4 members (excludes halogenated alkanes) is 3. The number of hydrogen-bond acceptors (Lipinski definition) is 3. The molecule has 0 radical (unpaired) electrons. The van der Waals surface area contributed by atoms with Crippen molar-refractivity contribution in [3.05, 3.63) is 36.0 Å². The van der Waals surface area contributed by atoms with E-state index in [-0.39, 0.29) is 0 Å². The fourth-order valence-electron chi connectivity index (χ4n) is 4.34. The third-order valence-electron chi connectivity index (χ3n) is 6.05. The van der Waals surface area contributed by atoms with Gasteiger partial charge in [0.2, 0.25) is 0 Å². The van der Waals surface area contributed by atoms with Crippen molar-refractivity contribution >= 4 is 31.9 Å². The molecule has 4 nitrogen and oxygen atoms in total. The number of aromatic nitrogens is 2. The van der Waals surface area contributed by atoms with Crippen molar-refractivity contribution in [3.8, 4) is 0 Å². The molecular weight excluding hydrogens is 487 g/mol. The first-order valence-electron chi connectivity index (χ1n) is 11.2. The quantitative estimate of drug-likeness (QED) is 0.339. The molecule has 1 aromatic carbocycles. The van der Waals surface area contributed by atoms with Crippen LogP contribution in [0.15, 0.2) is 40.3 Å². The van der Waals surface area contributed by atoms with Crippen LogP contribution in [-0.2, 0) is 16.9 Å². The van der Waals surface area contributed by atoms with Crippen molar-refractivity contribution in [2.24, 2.45) is 7.05 Å². The molecule has 0 saturated carbocycles. The second-order valence-corrected chi connectivity index (χ2v) is 23.2. The van der Waals surface area contributed by atoms with Crippen LogP contribution < -0.4 is 3.71 Å². The van der Waals surface area contributed by atoms with Gasteiger partial charge in [0, 0.05) is 0 Å². The van der Waals surface area contributed by atoms with Gasteiger partial charge >= 0.3 is 183 Å². The van der Waals surface area contributed by atoms with Crippen LogP contribution in [0.5, 0.6) is 0 Å². The predicted octanol–water partition coefficient (Wildman–Crippen LogP) is 5.62. The maximum atomic E-state index is 13.6. The van der Waals surface area contributed by atoms with Gasteiger partial charge in [0.25, 0.3) is 0 Å². The number of rotatable bonds is 12. The summed E-state index contributed by atoms with van der Waals surface area (Å²) in [5.74, 6) is 0.